The molecule has 0 spiro atoms. The zero-order chi connectivity index (χ0) is 29.9. The van der Waals surface area contributed by atoms with Crippen molar-refractivity contribution < 1.29 is 14.3 Å². The molecule has 2 aromatic rings. The summed E-state index contributed by atoms with van der Waals surface area (Å²) in [5, 5.41) is 8.77. The number of hydrogen-bond donors (Lipinski definition) is 0. The quantitative estimate of drug-likeness (QED) is 0.0484. The summed E-state index contributed by atoms with van der Waals surface area (Å²) in [4.78, 5) is 11.0. The molecule has 2 rings (SSSR count). The Kier molecular flexibility index (Phi) is 20.7. The highest BCUT2D eigenvalue weighted by atomic mass is 16.5. The summed E-state index contributed by atoms with van der Waals surface area (Å²) in [5.41, 5.74) is 3.06. The van der Waals surface area contributed by atoms with Gasteiger partial charge < -0.3 is 9.47 Å². The lowest BCUT2D eigenvalue weighted by Crippen LogP contribution is -2.02. The van der Waals surface area contributed by atoms with E-state index in [4.69, 9.17) is 9.47 Å². The standard InChI is InChI=1S/C37H56N2O3/c1-3-5-6-7-8-9-10-11-12-13-14-15-16-19-22-33-23-25-34(26-24-33)38-39-35-27-29-36(30-28-35)41-31-20-17-18-21-32-42-37(40)4-2/h4,23-30H,2-3,5-22,31-32H2,1H3. The average Bonchev–Trinajstić information content (AvgIpc) is 3.02. The van der Waals surface area contributed by atoms with Crippen LogP contribution < -0.4 is 4.74 Å². The van der Waals surface area contributed by atoms with E-state index in [0.29, 0.717) is 13.2 Å². The Morgan fingerprint density at radius 2 is 1.07 bits per heavy atom. The van der Waals surface area contributed by atoms with Gasteiger partial charge in [0.2, 0.25) is 0 Å². The fourth-order valence-corrected chi connectivity index (χ4v) is 4.96. The van der Waals surface area contributed by atoms with Gasteiger partial charge >= 0.3 is 5.97 Å². The van der Waals surface area contributed by atoms with Gasteiger partial charge in [0.25, 0.3) is 0 Å². The summed E-state index contributed by atoms with van der Waals surface area (Å²) in [7, 11) is 0. The number of azo groups is 1. The van der Waals surface area contributed by atoms with Crippen molar-refractivity contribution in [3.63, 3.8) is 0 Å². The molecule has 0 saturated heterocycles. The van der Waals surface area contributed by atoms with E-state index in [1.165, 1.54) is 102 Å². The van der Waals surface area contributed by atoms with Crippen LogP contribution in [0.15, 0.2) is 71.4 Å². The molecule has 42 heavy (non-hydrogen) atoms. The van der Waals surface area contributed by atoms with E-state index in [0.717, 1.165) is 49.2 Å². The van der Waals surface area contributed by atoms with Crippen LogP contribution in [0.5, 0.6) is 5.75 Å². The molecule has 0 atom stereocenters. The van der Waals surface area contributed by atoms with Gasteiger partial charge in [-0.15, -0.1) is 0 Å². The smallest absolute Gasteiger partial charge is 0.330 e. The number of hydrogen-bond acceptors (Lipinski definition) is 5. The van der Waals surface area contributed by atoms with Gasteiger partial charge in [-0.2, -0.15) is 10.2 Å². The molecule has 0 heterocycles. The largest absolute Gasteiger partial charge is 0.494 e. The van der Waals surface area contributed by atoms with E-state index < -0.39 is 0 Å². The van der Waals surface area contributed by atoms with Crippen LogP contribution in [0.25, 0.3) is 0 Å². The highest BCUT2D eigenvalue weighted by Gasteiger charge is 1.99. The van der Waals surface area contributed by atoms with Crippen molar-refractivity contribution >= 4 is 17.3 Å². The third-order valence-electron chi connectivity index (χ3n) is 7.59. The molecule has 232 valence electrons. The zero-order valence-corrected chi connectivity index (χ0v) is 26.4. The molecule has 5 heteroatoms. The van der Waals surface area contributed by atoms with E-state index >= 15 is 0 Å². The molecule has 0 fully saturated rings. The number of carbonyl (C=O) groups excluding carboxylic acids is 1. The molecular formula is C37H56N2O3. The van der Waals surface area contributed by atoms with Crippen molar-refractivity contribution in [2.24, 2.45) is 10.2 Å². The number of carbonyl (C=O) groups is 1. The first kappa shape index (κ1) is 35.2. The van der Waals surface area contributed by atoms with Crippen LogP contribution in [0.4, 0.5) is 11.4 Å². The van der Waals surface area contributed by atoms with Gasteiger partial charge in [-0.1, -0.05) is 109 Å². The Labute approximate surface area is 256 Å². The van der Waals surface area contributed by atoms with Crippen LogP contribution in [0.3, 0.4) is 0 Å². The van der Waals surface area contributed by atoms with E-state index in [1.807, 2.05) is 24.3 Å². The van der Waals surface area contributed by atoms with Crippen molar-refractivity contribution in [1.82, 2.24) is 0 Å². The maximum atomic E-state index is 11.0. The summed E-state index contributed by atoms with van der Waals surface area (Å²) >= 11 is 0. The predicted molar refractivity (Wildman–Crippen MR) is 176 cm³/mol. The van der Waals surface area contributed by atoms with Crippen molar-refractivity contribution in [1.29, 1.82) is 0 Å². The minimum atomic E-state index is -0.357. The molecule has 0 radical (unpaired) electrons. The fourth-order valence-electron chi connectivity index (χ4n) is 4.96. The molecule has 0 aliphatic carbocycles. The van der Waals surface area contributed by atoms with E-state index in [2.05, 4.69) is 48.0 Å². The Morgan fingerprint density at radius 1 is 0.619 bits per heavy atom. The first-order valence-electron chi connectivity index (χ1n) is 16.7. The number of aryl methyl sites for hydroxylation is 1. The molecule has 0 saturated carbocycles. The monoisotopic (exact) mass is 576 g/mol. The second kappa shape index (κ2) is 24.6. The normalized spacial score (nSPS) is 11.2. The Bertz CT molecular complexity index is 970. The van der Waals surface area contributed by atoms with Crippen LogP contribution in [0.1, 0.15) is 128 Å². The van der Waals surface area contributed by atoms with Gasteiger partial charge in [0.15, 0.2) is 0 Å². The summed E-state index contributed by atoms with van der Waals surface area (Å²) < 4.78 is 10.8. The lowest BCUT2D eigenvalue weighted by molar-refractivity contribution is -0.137. The average molecular weight is 577 g/mol. The summed E-state index contributed by atoms with van der Waals surface area (Å²) in [6, 6.07) is 16.2. The van der Waals surface area contributed by atoms with Gasteiger partial charge in [-0.25, -0.2) is 4.79 Å². The third kappa shape index (κ3) is 18.5. The lowest BCUT2D eigenvalue weighted by atomic mass is 10.0. The Balaban J connectivity index is 1.48. The zero-order valence-electron chi connectivity index (χ0n) is 26.4. The summed E-state index contributed by atoms with van der Waals surface area (Å²) in [6.45, 7) is 6.79. The molecule has 0 amide bonds. The molecule has 2 aromatic carbocycles. The molecular weight excluding hydrogens is 520 g/mol. The molecule has 0 aliphatic heterocycles. The third-order valence-corrected chi connectivity index (χ3v) is 7.59. The van der Waals surface area contributed by atoms with E-state index in [9.17, 15) is 4.79 Å². The van der Waals surface area contributed by atoms with Crippen molar-refractivity contribution in [3.8, 4) is 5.75 Å². The number of ether oxygens (including phenoxy) is 2. The number of nitrogens with zero attached hydrogens (tertiary/aromatic N) is 2. The Hall–Kier alpha value is -2.95. The minimum Gasteiger partial charge on any atom is -0.494 e. The first-order chi connectivity index (χ1) is 20.7. The van der Waals surface area contributed by atoms with Gasteiger partial charge in [-0.05, 0) is 80.5 Å². The fraction of sp³-hybridized carbons (Fsp3) is 0.595. The van der Waals surface area contributed by atoms with Gasteiger partial charge in [0.05, 0.1) is 24.6 Å². The highest BCUT2D eigenvalue weighted by Crippen LogP contribution is 2.22. The number of esters is 1. The topological polar surface area (TPSA) is 60.2 Å². The van der Waals surface area contributed by atoms with Gasteiger partial charge in [0, 0.05) is 6.08 Å². The number of benzene rings is 2. The highest BCUT2D eigenvalue weighted by molar-refractivity contribution is 5.81. The predicted octanol–water partition coefficient (Wildman–Crippen LogP) is 11.8. The number of rotatable bonds is 26. The van der Waals surface area contributed by atoms with Crippen LogP contribution in [-0.4, -0.2) is 19.2 Å². The van der Waals surface area contributed by atoms with Gasteiger partial charge in [0.1, 0.15) is 5.75 Å². The Morgan fingerprint density at radius 3 is 1.60 bits per heavy atom. The van der Waals surface area contributed by atoms with Crippen molar-refractivity contribution in [2.45, 2.75) is 129 Å². The number of unbranched alkanes of at least 4 members (excludes halogenated alkanes) is 16. The van der Waals surface area contributed by atoms with Crippen molar-refractivity contribution in [3.05, 3.63) is 66.7 Å². The van der Waals surface area contributed by atoms with Crippen LogP contribution in [0.2, 0.25) is 0 Å². The van der Waals surface area contributed by atoms with E-state index in [-0.39, 0.29) is 5.97 Å². The molecule has 0 unspecified atom stereocenters. The molecule has 5 nitrogen and oxygen atoms in total. The summed E-state index contributed by atoms with van der Waals surface area (Å²) in [5.74, 6) is 0.478. The SMILES string of the molecule is C=CC(=O)OCCCCCCOc1ccc(N=Nc2ccc(CCCCCCCCCCCCCCCC)cc2)cc1. The lowest BCUT2D eigenvalue weighted by Gasteiger charge is -2.06. The van der Waals surface area contributed by atoms with Crippen LogP contribution in [-0.2, 0) is 16.0 Å². The minimum absolute atomic E-state index is 0.357. The molecule has 0 aliphatic rings. The second-order valence-corrected chi connectivity index (χ2v) is 11.3. The maximum Gasteiger partial charge on any atom is 0.330 e. The molecule has 0 N–H and O–H groups in total. The van der Waals surface area contributed by atoms with Crippen molar-refractivity contribution in [2.75, 3.05) is 13.2 Å². The first-order valence-corrected chi connectivity index (χ1v) is 16.7. The van der Waals surface area contributed by atoms with Gasteiger partial charge in [-0.3, -0.25) is 0 Å². The van der Waals surface area contributed by atoms with Crippen LogP contribution >= 0.6 is 0 Å². The molecule has 0 aromatic heterocycles. The maximum absolute atomic E-state index is 11.0. The molecule has 0 bridgehead atoms. The van der Waals surface area contributed by atoms with E-state index in [1.54, 1.807) is 0 Å². The summed E-state index contributed by atoms with van der Waals surface area (Å²) in [6.07, 6.45) is 25.8. The van der Waals surface area contributed by atoms with Crippen LogP contribution in [0, 0.1) is 0 Å². The second-order valence-electron chi connectivity index (χ2n) is 11.3.